The highest BCUT2D eigenvalue weighted by molar-refractivity contribution is 5.76. The second-order valence-electron chi connectivity index (χ2n) is 4.83. The van der Waals surface area contributed by atoms with Crippen LogP contribution in [-0.2, 0) is 11.3 Å². The predicted octanol–water partition coefficient (Wildman–Crippen LogP) is 0.498. The van der Waals surface area contributed by atoms with Crippen LogP contribution in [0, 0.1) is 6.92 Å². The SMILES string of the molecule is Cc1ccc(CNC(=O)CC2CNCCN2C)o1. The Kier molecular flexibility index (Phi) is 4.38. The van der Waals surface area contributed by atoms with Crippen molar-refractivity contribution >= 4 is 5.91 Å². The maximum absolute atomic E-state index is 11.8. The molecule has 1 aliphatic rings. The molecule has 100 valence electrons. The number of nitrogens with zero attached hydrogens (tertiary/aromatic N) is 1. The Morgan fingerprint density at radius 2 is 2.44 bits per heavy atom. The third kappa shape index (κ3) is 3.58. The maximum atomic E-state index is 11.8. The molecule has 1 fully saturated rings. The first-order chi connectivity index (χ1) is 8.65. The van der Waals surface area contributed by atoms with E-state index in [0.29, 0.717) is 13.0 Å². The lowest BCUT2D eigenvalue weighted by Crippen LogP contribution is -2.50. The molecule has 0 bridgehead atoms. The number of furan rings is 1. The number of amides is 1. The van der Waals surface area contributed by atoms with Gasteiger partial charge in [-0.15, -0.1) is 0 Å². The lowest BCUT2D eigenvalue weighted by atomic mass is 10.1. The van der Waals surface area contributed by atoms with Gasteiger partial charge in [-0.25, -0.2) is 0 Å². The Morgan fingerprint density at radius 1 is 1.61 bits per heavy atom. The van der Waals surface area contributed by atoms with E-state index in [2.05, 4.69) is 22.6 Å². The van der Waals surface area contributed by atoms with Gasteiger partial charge in [-0.1, -0.05) is 0 Å². The van der Waals surface area contributed by atoms with Gasteiger partial charge in [0.25, 0.3) is 0 Å². The normalized spacial score (nSPS) is 20.9. The van der Waals surface area contributed by atoms with Crippen LogP contribution in [0.3, 0.4) is 0 Å². The summed E-state index contributed by atoms with van der Waals surface area (Å²) in [4.78, 5) is 14.1. The van der Waals surface area contributed by atoms with Crippen molar-refractivity contribution in [2.75, 3.05) is 26.7 Å². The van der Waals surface area contributed by atoms with E-state index >= 15 is 0 Å². The van der Waals surface area contributed by atoms with Crippen LogP contribution >= 0.6 is 0 Å². The van der Waals surface area contributed by atoms with Crippen LogP contribution in [0.1, 0.15) is 17.9 Å². The van der Waals surface area contributed by atoms with Crippen LogP contribution < -0.4 is 10.6 Å². The largest absolute Gasteiger partial charge is 0.465 e. The number of rotatable bonds is 4. The van der Waals surface area contributed by atoms with Crippen LogP contribution in [0.25, 0.3) is 0 Å². The van der Waals surface area contributed by atoms with E-state index in [9.17, 15) is 4.79 Å². The molecule has 18 heavy (non-hydrogen) atoms. The van der Waals surface area contributed by atoms with Crippen molar-refractivity contribution in [1.82, 2.24) is 15.5 Å². The van der Waals surface area contributed by atoms with Crippen molar-refractivity contribution in [2.24, 2.45) is 0 Å². The molecule has 0 aromatic carbocycles. The molecule has 1 unspecified atom stereocenters. The summed E-state index contributed by atoms with van der Waals surface area (Å²) in [6, 6.07) is 4.08. The van der Waals surface area contributed by atoms with Gasteiger partial charge in [-0.05, 0) is 26.1 Å². The highest BCUT2D eigenvalue weighted by Crippen LogP contribution is 2.07. The van der Waals surface area contributed by atoms with Crippen LogP contribution in [-0.4, -0.2) is 43.5 Å². The lowest BCUT2D eigenvalue weighted by Gasteiger charge is -2.32. The summed E-state index contributed by atoms with van der Waals surface area (Å²) in [5.41, 5.74) is 0. The molecule has 1 amide bonds. The Morgan fingerprint density at radius 3 is 3.11 bits per heavy atom. The fourth-order valence-electron chi connectivity index (χ4n) is 2.14. The topological polar surface area (TPSA) is 57.5 Å². The zero-order chi connectivity index (χ0) is 13.0. The van der Waals surface area contributed by atoms with Crippen LogP contribution in [0.15, 0.2) is 16.5 Å². The van der Waals surface area contributed by atoms with Crippen LogP contribution in [0.2, 0.25) is 0 Å². The minimum absolute atomic E-state index is 0.0737. The molecule has 0 saturated carbocycles. The Balaban J connectivity index is 1.74. The number of nitrogens with one attached hydrogen (secondary N) is 2. The standard InChI is InChI=1S/C13H21N3O2/c1-10-3-4-12(18-10)9-15-13(17)7-11-8-14-5-6-16(11)2/h3-4,11,14H,5-9H2,1-2H3,(H,15,17). The van der Waals surface area contributed by atoms with E-state index in [1.54, 1.807) is 0 Å². The van der Waals surface area contributed by atoms with Gasteiger partial charge in [-0.2, -0.15) is 0 Å². The van der Waals surface area contributed by atoms with Crippen molar-refractivity contribution in [2.45, 2.75) is 25.9 Å². The van der Waals surface area contributed by atoms with E-state index in [1.165, 1.54) is 0 Å². The van der Waals surface area contributed by atoms with Gasteiger partial charge < -0.3 is 20.0 Å². The summed E-state index contributed by atoms with van der Waals surface area (Å²) in [6.45, 7) is 5.24. The molecule has 5 heteroatoms. The first-order valence-electron chi connectivity index (χ1n) is 6.38. The quantitative estimate of drug-likeness (QED) is 0.818. The minimum Gasteiger partial charge on any atom is -0.465 e. The highest BCUT2D eigenvalue weighted by atomic mass is 16.3. The lowest BCUT2D eigenvalue weighted by molar-refractivity contribution is -0.122. The van der Waals surface area contributed by atoms with Crippen molar-refractivity contribution in [3.05, 3.63) is 23.7 Å². The maximum Gasteiger partial charge on any atom is 0.221 e. The molecule has 2 heterocycles. The third-order valence-electron chi connectivity index (χ3n) is 3.32. The fourth-order valence-corrected chi connectivity index (χ4v) is 2.14. The summed E-state index contributed by atoms with van der Waals surface area (Å²) < 4.78 is 5.41. The molecule has 2 rings (SSSR count). The monoisotopic (exact) mass is 251 g/mol. The van der Waals surface area contributed by atoms with Crippen molar-refractivity contribution in [3.63, 3.8) is 0 Å². The number of carbonyl (C=O) groups is 1. The van der Waals surface area contributed by atoms with Gasteiger partial charge in [0.1, 0.15) is 11.5 Å². The molecule has 0 radical (unpaired) electrons. The van der Waals surface area contributed by atoms with Crippen molar-refractivity contribution in [3.8, 4) is 0 Å². The van der Waals surface area contributed by atoms with Crippen molar-refractivity contribution in [1.29, 1.82) is 0 Å². The molecular formula is C13H21N3O2. The van der Waals surface area contributed by atoms with Crippen LogP contribution in [0.5, 0.6) is 0 Å². The van der Waals surface area contributed by atoms with Gasteiger partial charge in [0.05, 0.1) is 6.54 Å². The van der Waals surface area contributed by atoms with E-state index in [1.807, 2.05) is 19.1 Å². The van der Waals surface area contributed by atoms with Gasteiger partial charge in [0.2, 0.25) is 5.91 Å². The van der Waals surface area contributed by atoms with E-state index in [4.69, 9.17) is 4.42 Å². The zero-order valence-corrected chi connectivity index (χ0v) is 11.0. The second kappa shape index (κ2) is 6.02. The van der Waals surface area contributed by atoms with E-state index < -0.39 is 0 Å². The molecule has 2 N–H and O–H groups in total. The summed E-state index contributed by atoms with van der Waals surface area (Å²) in [5.74, 6) is 1.75. The van der Waals surface area contributed by atoms with E-state index in [-0.39, 0.29) is 11.9 Å². The third-order valence-corrected chi connectivity index (χ3v) is 3.32. The summed E-state index contributed by atoms with van der Waals surface area (Å²) >= 11 is 0. The van der Waals surface area contributed by atoms with Crippen molar-refractivity contribution < 1.29 is 9.21 Å². The summed E-state index contributed by atoms with van der Waals surface area (Å²) in [7, 11) is 2.06. The average molecular weight is 251 g/mol. The van der Waals surface area contributed by atoms with Gasteiger partial charge in [-0.3, -0.25) is 4.79 Å². The number of aryl methyl sites for hydroxylation is 1. The first-order valence-corrected chi connectivity index (χ1v) is 6.38. The Labute approximate surface area is 108 Å². The molecular weight excluding hydrogens is 230 g/mol. The number of carbonyl (C=O) groups excluding carboxylic acids is 1. The minimum atomic E-state index is 0.0737. The highest BCUT2D eigenvalue weighted by Gasteiger charge is 2.21. The molecule has 1 aromatic rings. The Hall–Kier alpha value is -1.33. The number of hydrogen-bond donors (Lipinski definition) is 2. The van der Waals surface area contributed by atoms with Gasteiger partial charge >= 0.3 is 0 Å². The van der Waals surface area contributed by atoms with Gasteiger partial charge in [0, 0.05) is 32.1 Å². The summed E-state index contributed by atoms with van der Waals surface area (Å²) in [6.07, 6.45) is 0.531. The van der Waals surface area contributed by atoms with Crippen LogP contribution in [0.4, 0.5) is 0 Å². The van der Waals surface area contributed by atoms with Gasteiger partial charge in [0.15, 0.2) is 0 Å². The zero-order valence-electron chi connectivity index (χ0n) is 11.0. The summed E-state index contributed by atoms with van der Waals surface area (Å²) in [5, 5.41) is 6.20. The average Bonchev–Trinajstić information content (AvgIpc) is 2.76. The second-order valence-corrected chi connectivity index (χ2v) is 4.83. The molecule has 1 atom stereocenters. The van der Waals surface area contributed by atoms with E-state index in [0.717, 1.165) is 31.2 Å². The molecule has 1 saturated heterocycles. The molecule has 1 aromatic heterocycles. The molecule has 0 spiro atoms. The first kappa shape index (κ1) is 13.1. The smallest absolute Gasteiger partial charge is 0.221 e. The number of piperazine rings is 1. The number of likely N-dealkylation sites (N-methyl/N-ethyl adjacent to an activating group) is 1. The molecule has 1 aliphatic heterocycles. The fraction of sp³-hybridized carbons (Fsp3) is 0.615. The Bertz CT molecular complexity index is 403. The predicted molar refractivity (Wildman–Crippen MR) is 69.2 cm³/mol. The number of hydrogen-bond acceptors (Lipinski definition) is 4. The molecule has 0 aliphatic carbocycles. The molecule has 5 nitrogen and oxygen atoms in total.